The molecule has 104 valence electrons. The number of rotatable bonds is 2. The topological polar surface area (TPSA) is 29.5 Å². The molecule has 0 aliphatic carbocycles. The van der Waals surface area contributed by atoms with Crippen molar-refractivity contribution in [3.8, 4) is 0 Å². The lowest BCUT2D eigenvalue weighted by Gasteiger charge is -2.37. The van der Waals surface area contributed by atoms with Gasteiger partial charge in [0.15, 0.2) is 0 Å². The SMILES string of the molecule is CC1COC(CCl)CN1C(=O)c1ccc(Br)cc1Cl. The maximum absolute atomic E-state index is 12.5. The van der Waals surface area contributed by atoms with Gasteiger partial charge in [-0.3, -0.25) is 4.79 Å². The zero-order chi connectivity index (χ0) is 14.0. The molecule has 1 amide bonds. The highest BCUT2D eigenvalue weighted by atomic mass is 79.9. The van der Waals surface area contributed by atoms with Crippen molar-refractivity contribution in [3.05, 3.63) is 33.3 Å². The number of alkyl halides is 1. The Bertz CT molecular complexity index is 484. The van der Waals surface area contributed by atoms with Crippen molar-refractivity contribution in [2.24, 2.45) is 0 Å². The second-order valence-electron chi connectivity index (χ2n) is 4.54. The smallest absolute Gasteiger partial charge is 0.255 e. The molecule has 0 spiro atoms. The number of benzene rings is 1. The van der Waals surface area contributed by atoms with Crippen LogP contribution in [-0.4, -0.2) is 42.0 Å². The molecule has 1 aromatic rings. The van der Waals surface area contributed by atoms with Crippen LogP contribution in [-0.2, 0) is 4.74 Å². The van der Waals surface area contributed by atoms with Crippen LogP contribution in [0.5, 0.6) is 0 Å². The first-order valence-electron chi connectivity index (χ1n) is 5.96. The maximum Gasteiger partial charge on any atom is 0.255 e. The summed E-state index contributed by atoms with van der Waals surface area (Å²) >= 11 is 15.3. The van der Waals surface area contributed by atoms with Gasteiger partial charge in [-0.15, -0.1) is 11.6 Å². The second kappa shape index (κ2) is 6.44. The number of carbonyl (C=O) groups excluding carboxylic acids is 1. The van der Waals surface area contributed by atoms with E-state index in [-0.39, 0.29) is 18.1 Å². The zero-order valence-corrected chi connectivity index (χ0v) is 13.5. The van der Waals surface area contributed by atoms with Crippen LogP contribution in [0.1, 0.15) is 17.3 Å². The first kappa shape index (κ1) is 15.1. The van der Waals surface area contributed by atoms with Crippen LogP contribution in [0.3, 0.4) is 0 Å². The zero-order valence-electron chi connectivity index (χ0n) is 10.4. The van der Waals surface area contributed by atoms with Gasteiger partial charge in [-0.1, -0.05) is 27.5 Å². The highest BCUT2D eigenvalue weighted by Crippen LogP contribution is 2.24. The van der Waals surface area contributed by atoms with Gasteiger partial charge in [-0.25, -0.2) is 0 Å². The molecule has 0 aromatic heterocycles. The minimum absolute atomic E-state index is 0.0201. The summed E-state index contributed by atoms with van der Waals surface area (Å²) in [5.74, 6) is 0.299. The van der Waals surface area contributed by atoms with Gasteiger partial charge >= 0.3 is 0 Å². The Balaban J connectivity index is 2.22. The van der Waals surface area contributed by atoms with Crippen molar-refractivity contribution in [3.63, 3.8) is 0 Å². The fraction of sp³-hybridized carbons (Fsp3) is 0.462. The Morgan fingerprint density at radius 1 is 1.58 bits per heavy atom. The van der Waals surface area contributed by atoms with E-state index >= 15 is 0 Å². The van der Waals surface area contributed by atoms with Crippen molar-refractivity contribution in [1.29, 1.82) is 0 Å². The average Bonchev–Trinajstić information content (AvgIpc) is 2.38. The van der Waals surface area contributed by atoms with E-state index in [1.807, 2.05) is 13.0 Å². The minimum atomic E-state index is -0.115. The molecular formula is C13H14BrCl2NO2. The van der Waals surface area contributed by atoms with Gasteiger partial charge in [0.1, 0.15) is 0 Å². The van der Waals surface area contributed by atoms with E-state index in [0.717, 1.165) is 4.47 Å². The van der Waals surface area contributed by atoms with E-state index < -0.39 is 0 Å². The fourth-order valence-electron chi connectivity index (χ4n) is 2.01. The molecule has 2 unspecified atom stereocenters. The molecule has 19 heavy (non-hydrogen) atoms. The van der Waals surface area contributed by atoms with Gasteiger partial charge in [0, 0.05) is 11.0 Å². The second-order valence-corrected chi connectivity index (χ2v) is 6.17. The molecule has 1 aromatic carbocycles. The number of morpholine rings is 1. The first-order valence-corrected chi connectivity index (χ1v) is 7.67. The van der Waals surface area contributed by atoms with Crippen molar-refractivity contribution < 1.29 is 9.53 Å². The number of carbonyl (C=O) groups is 1. The summed E-state index contributed by atoms with van der Waals surface area (Å²) in [5, 5.41) is 0.445. The van der Waals surface area contributed by atoms with Crippen molar-refractivity contribution in [2.75, 3.05) is 19.0 Å². The molecule has 0 radical (unpaired) electrons. The van der Waals surface area contributed by atoms with Crippen LogP contribution < -0.4 is 0 Å². The monoisotopic (exact) mass is 365 g/mol. The van der Waals surface area contributed by atoms with Crippen molar-refractivity contribution >= 4 is 45.0 Å². The fourth-order valence-corrected chi connectivity index (χ4v) is 2.95. The third-order valence-corrected chi connectivity index (χ3v) is 4.25. The van der Waals surface area contributed by atoms with Crippen molar-refractivity contribution in [1.82, 2.24) is 4.90 Å². The highest BCUT2D eigenvalue weighted by molar-refractivity contribution is 9.10. The summed E-state index contributed by atoms with van der Waals surface area (Å²) in [4.78, 5) is 14.3. The van der Waals surface area contributed by atoms with Gasteiger partial charge in [0.05, 0.1) is 35.2 Å². The van der Waals surface area contributed by atoms with Crippen molar-refractivity contribution in [2.45, 2.75) is 19.1 Å². The Morgan fingerprint density at radius 3 is 2.95 bits per heavy atom. The number of hydrogen-bond donors (Lipinski definition) is 0. The average molecular weight is 367 g/mol. The van der Waals surface area contributed by atoms with Crippen LogP contribution in [0, 0.1) is 0 Å². The lowest BCUT2D eigenvalue weighted by molar-refractivity contribution is -0.0371. The van der Waals surface area contributed by atoms with Crippen LogP contribution >= 0.6 is 39.1 Å². The van der Waals surface area contributed by atoms with Gasteiger partial charge in [0.2, 0.25) is 0 Å². The summed E-state index contributed by atoms with van der Waals surface area (Å²) in [6.45, 7) is 2.95. The third-order valence-electron chi connectivity index (χ3n) is 3.10. The molecule has 2 rings (SSSR count). The Morgan fingerprint density at radius 2 is 2.32 bits per heavy atom. The van der Waals surface area contributed by atoms with E-state index in [1.165, 1.54) is 0 Å². The maximum atomic E-state index is 12.5. The molecule has 0 bridgehead atoms. The van der Waals surface area contributed by atoms with Gasteiger partial charge in [0.25, 0.3) is 5.91 Å². The standard InChI is InChI=1S/C13H14BrCl2NO2/c1-8-7-19-10(5-15)6-17(8)13(18)11-3-2-9(14)4-12(11)16/h2-4,8,10H,5-7H2,1H3. The molecule has 3 nitrogen and oxygen atoms in total. The summed E-state index contributed by atoms with van der Waals surface area (Å²) < 4.78 is 6.39. The Kier molecular flexibility index (Phi) is 5.12. The number of hydrogen-bond acceptors (Lipinski definition) is 2. The predicted molar refractivity (Wildman–Crippen MR) is 80.1 cm³/mol. The van der Waals surface area contributed by atoms with Crippen LogP contribution in [0.2, 0.25) is 5.02 Å². The van der Waals surface area contributed by atoms with E-state index in [2.05, 4.69) is 15.9 Å². The van der Waals surface area contributed by atoms with Gasteiger partial charge in [-0.2, -0.15) is 0 Å². The summed E-state index contributed by atoms with van der Waals surface area (Å²) in [6, 6.07) is 5.28. The molecule has 2 atom stereocenters. The molecule has 1 aliphatic heterocycles. The summed E-state index contributed by atoms with van der Waals surface area (Å²) in [6.07, 6.45) is -0.115. The Hall–Kier alpha value is -0.290. The quantitative estimate of drug-likeness (QED) is 0.749. The first-order chi connectivity index (χ1) is 9.02. The van der Waals surface area contributed by atoms with Gasteiger partial charge in [-0.05, 0) is 25.1 Å². The Labute approximate surface area is 130 Å². The van der Waals surface area contributed by atoms with E-state index in [9.17, 15) is 4.79 Å². The number of nitrogens with zero attached hydrogens (tertiary/aromatic N) is 1. The summed E-state index contributed by atoms with van der Waals surface area (Å²) in [5.41, 5.74) is 0.506. The molecule has 1 heterocycles. The van der Waals surface area contributed by atoms with Crippen LogP contribution in [0.4, 0.5) is 0 Å². The molecule has 1 aliphatic rings. The largest absolute Gasteiger partial charge is 0.373 e. The normalized spacial score (nSPS) is 23.5. The summed E-state index contributed by atoms with van der Waals surface area (Å²) in [7, 11) is 0. The lowest BCUT2D eigenvalue weighted by atomic mass is 10.1. The van der Waals surface area contributed by atoms with Crippen LogP contribution in [0.15, 0.2) is 22.7 Å². The van der Waals surface area contributed by atoms with E-state index in [1.54, 1.807) is 17.0 Å². The third kappa shape index (κ3) is 3.43. The van der Waals surface area contributed by atoms with Crippen LogP contribution in [0.25, 0.3) is 0 Å². The molecule has 0 N–H and O–H groups in total. The highest BCUT2D eigenvalue weighted by Gasteiger charge is 2.30. The minimum Gasteiger partial charge on any atom is -0.373 e. The molecule has 6 heteroatoms. The van der Waals surface area contributed by atoms with E-state index in [0.29, 0.717) is 29.6 Å². The lowest BCUT2D eigenvalue weighted by Crippen LogP contribution is -2.51. The molecule has 1 saturated heterocycles. The number of amides is 1. The molecule has 1 fully saturated rings. The predicted octanol–water partition coefficient (Wildman–Crippen LogP) is 3.57. The molecule has 0 saturated carbocycles. The number of ether oxygens (including phenoxy) is 1. The van der Waals surface area contributed by atoms with Gasteiger partial charge < -0.3 is 9.64 Å². The number of halogens is 3. The van der Waals surface area contributed by atoms with E-state index in [4.69, 9.17) is 27.9 Å². The molecular weight excluding hydrogens is 353 g/mol.